The summed E-state index contributed by atoms with van der Waals surface area (Å²) in [6, 6.07) is 4.98. The van der Waals surface area contributed by atoms with Crippen LogP contribution in [0.1, 0.15) is 36.5 Å². The van der Waals surface area contributed by atoms with E-state index in [1.54, 1.807) is 18.2 Å². The van der Waals surface area contributed by atoms with Gasteiger partial charge in [0.05, 0.1) is 10.7 Å². The molecule has 0 radical (unpaired) electrons. The zero-order valence-corrected chi connectivity index (χ0v) is 11.7. The van der Waals surface area contributed by atoms with Crippen molar-refractivity contribution < 1.29 is 9.59 Å². The van der Waals surface area contributed by atoms with Gasteiger partial charge in [0, 0.05) is 25.6 Å². The number of amides is 2. The van der Waals surface area contributed by atoms with Crippen molar-refractivity contribution >= 4 is 29.1 Å². The largest absolute Gasteiger partial charge is 0.339 e. The molecule has 0 atom stereocenters. The summed E-state index contributed by atoms with van der Waals surface area (Å²) in [5.74, 6) is -0.173. The molecule has 5 heteroatoms. The molecule has 0 unspecified atom stereocenters. The molecular weight excluding hydrogens is 264 g/mol. The van der Waals surface area contributed by atoms with Gasteiger partial charge < -0.3 is 10.2 Å². The first-order chi connectivity index (χ1) is 9.08. The fourth-order valence-electron chi connectivity index (χ4n) is 2.22. The van der Waals surface area contributed by atoms with Crippen molar-refractivity contribution in [3.8, 4) is 0 Å². The van der Waals surface area contributed by atoms with Crippen molar-refractivity contribution in [1.82, 2.24) is 4.90 Å². The fraction of sp³-hybridized carbons (Fsp3) is 0.429. The van der Waals surface area contributed by atoms with E-state index < -0.39 is 0 Å². The van der Waals surface area contributed by atoms with Crippen molar-refractivity contribution in [2.45, 2.75) is 26.2 Å². The molecule has 1 aliphatic rings. The summed E-state index contributed by atoms with van der Waals surface area (Å²) < 4.78 is 0. The number of piperidine rings is 1. The lowest BCUT2D eigenvalue weighted by molar-refractivity contribution is -0.114. The van der Waals surface area contributed by atoms with Crippen LogP contribution in [0, 0.1) is 0 Å². The van der Waals surface area contributed by atoms with E-state index in [0.717, 1.165) is 25.9 Å². The third-order valence-electron chi connectivity index (χ3n) is 3.17. The van der Waals surface area contributed by atoms with Crippen molar-refractivity contribution in [2.75, 3.05) is 18.4 Å². The van der Waals surface area contributed by atoms with E-state index in [0.29, 0.717) is 16.3 Å². The van der Waals surface area contributed by atoms with Crippen LogP contribution in [0.2, 0.25) is 5.02 Å². The van der Waals surface area contributed by atoms with Crippen LogP contribution in [-0.2, 0) is 4.79 Å². The standard InChI is InChI=1S/C14H17ClN2O2/c1-10(18)16-13-6-5-11(9-12(13)15)14(19)17-7-3-2-4-8-17/h5-6,9H,2-4,7-8H2,1H3,(H,16,18). The highest BCUT2D eigenvalue weighted by atomic mass is 35.5. The molecule has 2 amide bonds. The lowest BCUT2D eigenvalue weighted by Crippen LogP contribution is -2.35. The summed E-state index contributed by atoms with van der Waals surface area (Å²) in [6.07, 6.45) is 3.30. The van der Waals surface area contributed by atoms with Gasteiger partial charge in [-0.2, -0.15) is 0 Å². The average molecular weight is 281 g/mol. The molecular formula is C14H17ClN2O2. The first kappa shape index (κ1) is 13.9. The Kier molecular flexibility index (Phi) is 4.43. The predicted molar refractivity (Wildman–Crippen MR) is 75.5 cm³/mol. The monoisotopic (exact) mass is 280 g/mol. The molecule has 1 fully saturated rings. The summed E-state index contributed by atoms with van der Waals surface area (Å²) in [5.41, 5.74) is 1.10. The quantitative estimate of drug-likeness (QED) is 0.905. The van der Waals surface area contributed by atoms with Gasteiger partial charge in [-0.25, -0.2) is 0 Å². The Balaban J connectivity index is 2.14. The van der Waals surface area contributed by atoms with Crippen LogP contribution >= 0.6 is 11.6 Å². The number of carbonyl (C=O) groups excluding carboxylic acids is 2. The lowest BCUT2D eigenvalue weighted by atomic mass is 10.1. The Morgan fingerprint density at radius 2 is 1.89 bits per heavy atom. The SMILES string of the molecule is CC(=O)Nc1ccc(C(=O)N2CCCCC2)cc1Cl. The Labute approximate surface area is 117 Å². The minimum Gasteiger partial charge on any atom is -0.339 e. The van der Waals surface area contributed by atoms with E-state index in [1.165, 1.54) is 13.3 Å². The first-order valence-corrected chi connectivity index (χ1v) is 6.82. The Morgan fingerprint density at radius 1 is 1.21 bits per heavy atom. The van der Waals surface area contributed by atoms with Gasteiger partial charge in [0.2, 0.25) is 5.91 Å². The van der Waals surface area contributed by atoms with Crippen LogP contribution in [0.5, 0.6) is 0 Å². The Morgan fingerprint density at radius 3 is 2.47 bits per heavy atom. The van der Waals surface area contributed by atoms with E-state index in [1.807, 2.05) is 4.90 Å². The molecule has 1 N–H and O–H groups in total. The van der Waals surface area contributed by atoms with Crippen LogP contribution in [-0.4, -0.2) is 29.8 Å². The Hall–Kier alpha value is -1.55. The van der Waals surface area contributed by atoms with E-state index in [2.05, 4.69) is 5.32 Å². The maximum absolute atomic E-state index is 12.3. The molecule has 1 saturated heterocycles. The van der Waals surface area contributed by atoms with Gasteiger partial charge in [0.1, 0.15) is 0 Å². The number of likely N-dealkylation sites (tertiary alicyclic amines) is 1. The van der Waals surface area contributed by atoms with Crippen LogP contribution in [0.25, 0.3) is 0 Å². The van der Waals surface area contributed by atoms with Gasteiger partial charge in [0.25, 0.3) is 5.91 Å². The van der Waals surface area contributed by atoms with Gasteiger partial charge in [-0.05, 0) is 37.5 Å². The molecule has 0 aromatic heterocycles. The second-order valence-electron chi connectivity index (χ2n) is 4.73. The Bertz CT molecular complexity index is 496. The van der Waals surface area contributed by atoms with E-state index >= 15 is 0 Å². The average Bonchev–Trinajstić information content (AvgIpc) is 2.41. The third-order valence-corrected chi connectivity index (χ3v) is 3.48. The fourth-order valence-corrected chi connectivity index (χ4v) is 2.45. The maximum atomic E-state index is 12.3. The number of nitrogens with one attached hydrogen (secondary N) is 1. The topological polar surface area (TPSA) is 49.4 Å². The molecule has 1 aliphatic heterocycles. The number of hydrogen-bond acceptors (Lipinski definition) is 2. The number of nitrogens with zero attached hydrogens (tertiary/aromatic N) is 1. The highest BCUT2D eigenvalue weighted by Crippen LogP contribution is 2.24. The number of anilines is 1. The number of halogens is 1. The summed E-state index contributed by atoms with van der Waals surface area (Å²) in [4.78, 5) is 25.1. The maximum Gasteiger partial charge on any atom is 0.253 e. The number of hydrogen-bond donors (Lipinski definition) is 1. The predicted octanol–water partition coefficient (Wildman–Crippen LogP) is 2.92. The highest BCUT2D eigenvalue weighted by molar-refractivity contribution is 6.34. The summed E-state index contributed by atoms with van der Waals surface area (Å²) >= 11 is 6.07. The van der Waals surface area contributed by atoms with Crippen LogP contribution in [0.4, 0.5) is 5.69 Å². The van der Waals surface area contributed by atoms with E-state index in [9.17, 15) is 9.59 Å². The van der Waals surface area contributed by atoms with Crippen LogP contribution in [0.3, 0.4) is 0 Å². The van der Waals surface area contributed by atoms with Gasteiger partial charge in [-0.1, -0.05) is 11.6 Å². The molecule has 102 valence electrons. The molecule has 4 nitrogen and oxygen atoms in total. The summed E-state index contributed by atoms with van der Waals surface area (Å²) in [6.45, 7) is 3.04. The molecule has 0 bridgehead atoms. The minimum atomic E-state index is -0.183. The van der Waals surface area contributed by atoms with Crippen molar-refractivity contribution in [1.29, 1.82) is 0 Å². The normalized spacial score (nSPS) is 15.2. The molecule has 0 saturated carbocycles. The smallest absolute Gasteiger partial charge is 0.253 e. The molecule has 0 aliphatic carbocycles. The number of benzene rings is 1. The van der Waals surface area contributed by atoms with Gasteiger partial charge in [0.15, 0.2) is 0 Å². The van der Waals surface area contributed by atoms with Crippen LogP contribution < -0.4 is 5.32 Å². The molecule has 19 heavy (non-hydrogen) atoms. The van der Waals surface area contributed by atoms with Crippen molar-refractivity contribution in [2.24, 2.45) is 0 Å². The van der Waals surface area contributed by atoms with E-state index in [-0.39, 0.29) is 11.8 Å². The van der Waals surface area contributed by atoms with Gasteiger partial charge >= 0.3 is 0 Å². The first-order valence-electron chi connectivity index (χ1n) is 6.44. The zero-order valence-electron chi connectivity index (χ0n) is 10.9. The van der Waals surface area contributed by atoms with Crippen LogP contribution in [0.15, 0.2) is 18.2 Å². The van der Waals surface area contributed by atoms with Crippen molar-refractivity contribution in [3.63, 3.8) is 0 Å². The molecule has 1 heterocycles. The molecule has 1 aromatic rings. The second-order valence-corrected chi connectivity index (χ2v) is 5.14. The lowest BCUT2D eigenvalue weighted by Gasteiger charge is -2.26. The molecule has 0 spiro atoms. The van der Waals surface area contributed by atoms with E-state index in [4.69, 9.17) is 11.6 Å². The second kappa shape index (κ2) is 6.06. The van der Waals surface area contributed by atoms with Gasteiger partial charge in [-0.3, -0.25) is 9.59 Å². The van der Waals surface area contributed by atoms with Crippen molar-refractivity contribution in [3.05, 3.63) is 28.8 Å². The summed E-state index contributed by atoms with van der Waals surface area (Å²) in [5, 5.41) is 3.01. The minimum absolute atomic E-state index is 0.0102. The third kappa shape index (κ3) is 3.47. The summed E-state index contributed by atoms with van der Waals surface area (Å²) in [7, 11) is 0. The molecule has 1 aromatic carbocycles. The molecule has 2 rings (SSSR count). The number of rotatable bonds is 2. The highest BCUT2D eigenvalue weighted by Gasteiger charge is 2.18. The number of carbonyl (C=O) groups is 2. The zero-order chi connectivity index (χ0) is 13.8. The van der Waals surface area contributed by atoms with Gasteiger partial charge in [-0.15, -0.1) is 0 Å².